The van der Waals surface area contributed by atoms with Gasteiger partial charge in [0.05, 0.1) is 11.8 Å². The van der Waals surface area contributed by atoms with Crippen LogP contribution in [0.3, 0.4) is 0 Å². The van der Waals surface area contributed by atoms with Crippen LogP contribution in [0.4, 0.5) is 5.95 Å². The van der Waals surface area contributed by atoms with Gasteiger partial charge in [-0.05, 0) is 49.9 Å². The lowest BCUT2D eigenvalue weighted by molar-refractivity contribution is -0.117. The van der Waals surface area contributed by atoms with E-state index >= 15 is 0 Å². The van der Waals surface area contributed by atoms with E-state index in [4.69, 9.17) is 4.74 Å². The molecule has 1 N–H and O–H groups in total. The molecule has 8 nitrogen and oxygen atoms in total. The Morgan fingerprint density at radius 3 is 2.45 bits per heavy atom. The van der Waals surface area contributed by atoms with Crippen molar-refractivity contribution in [3.63, 3.8) is 0 Å². The number of nitrogens with zero attached hydrogens (tertiary/aromatic N) is 4. The minimum atomic E-state index is -0.0187. The van der Waals surface area contributed by atoms with Gasteiger partial charge in [0.15, 0.2) is 5.65 Å². The normalized spacial score (nSPS) is 17.1. The van der Waals surface area contributed by atoms with Crippen molar-refractivity contribution in [2.75, 3.05) is 25.5 Å². The lowest BCUT2D eigenvalue weighted by Crippen LogP contribution is -2.40. The molecule has 0 unspecified atom stereocenters. The highest BCUT2D eigenvalue weighted by Crippen LogP contribution is 2.30. The minimum absolute atomic E-state index is 0.0187. The van der Waals surface area contributed by atoms with E-state index in [0.717, 1.165) is 36.9 Å². The van der Waals surface area contributed by atoms with Gasteiger partial charge < -0.3 is 9.64 Å². The van der Waals surface area contributed by atoms with Crippen molar-refractivity contribution in [2.45, 2.75) is 31.8 Å². The molecule has 1 aliphatic carbocycles. The summed E-state index contributed by atoms with van der Waals surface area (Å²) in [7, 11) is 1.72. The molecular formula is C23H25N5O3. The van der Waals surface area contributed by atoms with Gasteiger partial charge >= 0.3 is 0 Å². The molecule has 2 fully saturated rings. The van der Waals surface area contributed by atoms with Crippen LogP contribution in [0.2, 0.25) is 0 Å². The largest absolute Gasteiger partial charge is 0.381 e. The summed E-state index contributed by atoms with van der Waals surface area (Å²) in [5.74, 6) is 0.437. The quantitative estimate of drug-likeness (QED) is 0.687. The summed E-state index contributed by atoms with van der Waals surface area (Å²) in [6.07, 6.45) is 3.84. The van der Waals surface area contributed by atoms with E-state index in [2.05, 4.69) is 15.4 Å². The number of anilines is 1. The average Bonchev–Trinajstić information content (AvgIpc) is 3.58. The van der Waals surface area contributed by atoms with Gasteiger partial charge in [0.25, 0.3) is 5.91 Å². The number of nitrogens with one attached hydrogen (secondary N) is 1. The molecular weight excluding hydrogens is 394 g/mol. The molecule has 3 heterocycles. The van der Waals surface area contributed by atoms with Crippen LogP contribution in [0, 0.1) is 5.92 Å². The first-order chi connectivity index (χ1) is 15.1. The maximum atomic E-state index is 12.8. The van der Waals surface area contributed by atoms with Crippen molar-refractivity contribution in [3.05, 3.63) is 48.0 Å². The van der Waals surface area contributed by atoms with Crippen molar-refractivity contribution >= 4 is 23.4 Å². The van der Waals surface area contributed by atoms with E-state index < -0.39 is 0 Å². The number of methoxy groups -OCH3 is 1. The number of rotatable bonds is 5. The maximum absolute atomic E-state index is 12.8. The number of benzene rings is 1. The molecule has 31 heavy (non-hydrogen) atoms. The second-order valence-corrected chi connectivity index (χ2v) is 8.18. The average molecular weight is 419 g/mol. The lowest BCUT2D eigenvalue weighted by Gasteiger charge is -2.31. The first kappa shape index (κ1) is 19.7. The van der Waals surface area contributed by atoms with Crippen LogP contribution in [0.5, 0.6) is 0 Å². The van der Waals surface area contributed by atoms with Crippen molar-refractivity contribution < 1.29 is 14.3 Å². The van der Waals surface area contributed by atoms with Crippen molar-refractivity contribution in [2.24, 2.45) is 5.92 Å². The van der Waals surface area contributed by atoms with E-state index in [9.17, 15) is 9.59 Å². The number of carbonyl (C=O) groups excluding carboxylic acids is 2. The molecule has 1 saturated carbocycles. The summed E-state index contributed by atoms with van der Waals surface area (Å²) in [6, 6.07) is 13.3. The predicted molar refractivity (Wildman–Crippen MR) is 116 cm³/mol. The Morgan fingerprint density at radius 2 is 1.77 bits per heavy atom. The fourth-order valence-corrected chi connectivity index (χ4v) is 4.00. The molecule has 160 valence electrons. The van der Waals surface area contributed by atoms with Crippen LogP contribution in [-0.4, -0.2) is 57.6 Å². The maximum Gasteiger partial charge on any atom is 0.253 e. The Hall–Kier alpha value is -3.26. The van der Waals surface area contributed by atoms with Crippen LogP contribution in [-0.2, 0) is 9.53 Å². The van der Waals surface area contributed by atoms with Gasteiger partial charge in [-0.1, -0.05) is 18.2 Å². The third-order valence-corrected chi connectivity index (χ3v) is 6.03. The summed E-state index contributed by atoms with van der Waals surface area (Å²) >= 11 is 0. The number of carbonyl (C=O) groups is 2. The smallest absolute Gasteiger partial charge is 0.253 e. The van der Waals surface area contributed by atoms with E-state index in [1.807, 2.05) is 47.4 Å². The SMILES string of the molecule is COC1CCN(C(=O)c2ccc(-c3cccc4nc(NC(=O)C5CC5)nn34)cc2)CC1. The molecule has 2 amide bonds. The third kappa shape index (κ3) is 4.03. The molecule has 0 spiro atoms. The molecule has 2 aliphatic rings. The zero-order valence-electron chi connectivity index (χ0n) is 17.5. The zero-order valence-corrected chi connectivity index (χ0v) is 17.5. The van der Waals surface area contributed by atoms with Crippen molar-refractivity contribution in [1.29, 1.82) is 0 Å². The number of hydrogen-bond acceptors (Lipinski definition) is 5. The van der Waals surface area contributed by atoms with E-state index in [1.54, 1.807) is 11.6 Å². The number of piperidine rings is 1. The molecule has 0 atom stereocenters. The van der Waals surface area contributed by atoms with E-state index in [1.165, 1.54) is 0 Å². The Balaban J connectivity index is 1.35. The molecule has 1 aliphatic heterocycles. The molecule has 0 bridgehead atoms. The minimum Gasteiger partial charge on any atom is -0.381 e. The van der Waals surface area contributed by atoms with Gasteiger partial charge in [-0.3, -0.25) is 14.9 Å². The second-order valence-electron chi connectivity index (χ2n) is 8.18. The summed E-state index contributed by atoms with van der Waals surface area (Å²) in [4.78, 5) is 31.2. The highest BCUT2D eigenvalue weighted by molar-refractivity contribution is 5.95. The van der Waals surface area contributed by atoms with Crippen LogP contribution in [0.1, 0.15) is 36.0 Å². The summed E-state index contributed by atoms with van der Waals surface area (Å²) in [5.41, 5.74) is 3.09. The lowest BCUT2D eigenvalue weighted by atomic mass is 10.0. The monoisotopic (exact) mass is 419 g/mol. The molecule has 1 saturated heterocycles. The Morgan fingerprint density at radius 1 is 1.03 bits per heavy atom. The number of amides is 2. The summed E-state index contributed by atoms with van der Waals surface area (Å²) in [6.45, 7) is 1.43. The molecule has 5 rings (SSSR count). The number of ether oxygens (including phenoxy) is 1. The number of aromatic nitrogens is 3. The van der Waals surface area contributed by atoms with Crippen molar-refractivity contribution in [1.82, 2.24) is 19.5 Å². The highest BCUT2D eigenvalue weighted by Gasteiger charge is 2.30. The predicted octanol–water partition coefficient (Wildman–Crippen LogP) is 3.00. The second kappa shape index (κ2) is 8.11. The third-order valence-electron chi connectivity index (χ3n) is 6.03. The standard InChI is InChI=1S/C23H25N5O3/c1-31-18-11-13-27(14-12-18)22(30)17-9-5-15(6-10-17)19-3-2-4-20-24-23(26-28(19)20)25-21(29)16-7-8-16/h2-6,9-10,16,18H,7-8,11-14H2,1H3,(H,25,26,29). The number of pyridine rings is 1. The highest BCUT2D eigenvalue weighted by atomic mass is 16.5. The summed E-state index contributed by atoms with van der Waals surface area (Å²) in [5, 5.41) is 7.27. The van der Waals surface area contributed by atoms with Crippen LogP contribution in [0.15, 0.2) is 42.5 Å². The molecule has 2 aromatic heterocycles. The number of hydrogen-bond donors (Lipinski definition) is 1. The first-order valence-electron chi connectivity index (χ1n) is 10.7. The Labute approximate surface area is 180 Å². The van der Waals surface area contributed by atoms with Gasteiger partial charge in [-0.15, -0.1) is 5.10 Å². The fraction of sp³-hybridized carbons (Fsp3) is 0.391. The Kier molecular flexibility index (Phi) is 5.15. The van der Waals surface area contributed by atoms with Crippen LogP contribution in [0.25, 0.3) is 16.9 Å². The summed E-state index contributed by atoms with van der Waals surface area (Å²) < 4.78 is 7.10. The number of fused-ring (bicyclic) bond motifs is 1. The molecule has 1 aromatic carbocycles. The topological polar surface area (TPSA) is 88.8 Å². The van der Waals surface area contributed by atoms with E-state index in [0.29, 0.717) is 30.2 Å². The Bertz CT molecular complexity index is 1110. The fourth-order valence-electron chi connectivity index (χ4n) is 4.00. The molecule has 0 radical (unpaired) electrons. The van der Waals surface area contributed by atoms with Gasteiger partial charge in [0.2, 0.25) is 11.9 Å². The van der Waals surface area contributed by atoms with Gasteiger partial charge in [0, 0.05) is 37.2 Å². The van der Waals surface area contributed by atoms with Crippen LogP contribution >= 0.6 is 0 Å². The number of likely N-dealkylation sites (tertiary alicyclic amines) is 1. The molecule has 3 aromatic rings. The van der Waals surface area contributed by atoms with Gasteiger partial charge in [-0.25, -0.2) is 4.52 Å². The van der Waals surface area contributed by atoms with Crippen molar-refractivity contribution in [3.8, 4) is 11.3 Å². The van der Waals surface area contributed by atoms with Gasteiger partial charge in [-0.2, -0.15) is 4.98 Å². The molecule has 8 heteroatoms. The van der Waals surface area contributed by atoms with E-state index in [-0.39, 0.29) is 23.8 Å². The first-order valence-corrected chi connectivity index (χ1v) is 10.7. The van der Waals surface area contributed by atoms with Gasteiger partial charge in [0.1, 0.15) is 0 Å². The van der Waals surface area contributed by atoms with Crippen LogP contribution < -0.4 is 5.32 Å². The zero-order chi connectivity index (χ0) is 21.4.